The van der Waals surface area contributed by atoms with Crippen molar-refractivity contribution in [3.63, 3.8) is 0 Å². The van der Waals surface area contributed by atoms with E-state index in [1.165, 1.54) is 28.2 Å². The molecule has 0 aliphatic heterocycles. The van der Waals surface area contributed by atoms with Crippen molar-refractivity contribution >= 4 is 40.2 Å². The molecule has 0 aliphatic carbocycles. The first-order chi connectivity index (χ1) is 15.0. The molecule has 0 saturated heterocycles. The van der Waals surface area contributed by atoms with Gasteiger partial charge < -0.3 is 20.6 Å². The Morgan fingerprint density at radius 2 is 1.81 bits per heavy atom. The van der Waals surface area contributed by atoms with Crippen LogP contribution in [0, 0.1) is 0 Å². The number of hydrogen-bond acceptors (Lipinski definition) is 8. The third kappa shape index (κ3) is 6.28. The Kier molecular flexibility index (Phi) is 8.44. The van der Waals surface area contributed by atoms with Gasteiger partial charge in [0.05, 0.1) is 11.9 Å². The number of nitrogens with zero attached hydrogens (tertiary/aromatic N) is 4. The highest BCUT2D eigenvalue weighted by Crippen LogP contribution is 2.23. The van der Waals surface area contributed by atoms with E-state index in [2.05, 4.69) is 10.2 Å². The normalized spacial score (nSPS) is 12.1. The van der Waals surface area contributed by atoms with Gasteiger partial charge in [0, 0.05) is 18.8 Å². The van der Waals surface area contributed by atoms with E-state index in [1.54, 1.807) is 4.90 Å². The van der Waals surface area contributed by atoms with Crippen LogP contribution in [0.3, 0.4) is 0 Å². The minimum atomic E-state index is -0.700. The van der Waals surface area contributed by atoms with Crippen LogP contribution in [-0.4, -0.2) is 68.1 Å². The number of ether oxygens (including phenoxy) is 1. The summed E-state index contributed by atoms with van der Waals surface area (Å²) in [5, 5.41) is 21.5. The number of nitrogens with two attached hydrogens (primary N) is 1. The smallest absolute Gasteiger partial charge is 0.233 e. The number of nitrogen functional groups attached to an aromatic ring is 1. The highest BCUT2D eigenvalue weighted by atomic mass is 32.2. The second-order valence-electron chi connectivity index (χ2n) is 6.77. The molecule has 10 heteroatoms. The van der Waals surface area contributed by atoms with Crippen molar-refractivity contribution in [2.75, 3.05) is 37.0 Å². The highest BCUT2D eigenvalue weighted by molar-refractivity contribution is 8.00. The fraction of sp³-hybridized carbons (Fsp3) is 0.381. The number of fused-ring (bicyclic) bond motifs is 1. The largest absolute Gasteiger partial charge is 0.491 e. The Labute approximate surface area is 190 Å². The van der Waals surface area contributed by atoms with Crippen LogP contribution in [0.15, 0.2) is 52.8 Å². The molecule has 3 aromatic rings. The summed E-state index contributed by atoms with van der Waals surface area (Å²) in [4.78, 5) is 13.9. The molecule has 0 spiro atoms. The van der Waals surface area contributed by atoms with Crippen molar-refractivity contribution < 1.29 is 14.6 Å². The van der Waals surface area contributed by atoms with Gasteiger partial charge in [-0.1, -0.05) is 53.9 Å². The molecule has 0 saturated carbocycles. The second-order valence-corrected chi connectivity index (χ2v) is 8.70. The monoisotopic (exact) mass is 461 g/mol. The molecule has 8 nitrogen and oxygen atoms in total. The second kappa shape index (κ2) is 11.3. The van der Waals surface area contributed by atoms with Crippen LogP contribution in [0.2, 0.25) is 0 Å². The van der Waals surface area contributed by atoms with Gasteiger partial charge in [0.25, 0.3) is 0 Å². The Balaban J connectivity index is 1.46. The quantitative estimate of drug-likeness (QED) is 0.332. The Morgan fingerprint density at radius 1 is 1.13 bits per heavy atom. The van der Waals surface area contributed by atoms with E-state index in [9.17, 15) is 9.90 Å². The lowest BCUT2D eigenvalue weighted by Crippen LogP contribution is -2.32. The topological polar surface area (TPSA) is 107 Å². The predicted octanol–water partition coefficient (Wildman–Crippen LogP) is 2.64. The maximum absolute atomic E-state index is 12.1. The van der Waals surface area contributed by atoms with Gasteiger partial charge in [-0.3, -0.25) is 4.79 Å². The molecule has 1 unspecified atom stereocenters. The van der Waals surface area contributed by atoms with Crippen LogP contribution in [0.1, 0.15) is 13.8 Å². The molecule has 3 rings (SSSR count). The van der Waals surface area contributed by atoms with Crippen molar-refractivity contribution in [1.82, 2.24) is 19.8 Å². The molecule has 0 fully saturated rings. The van der Waals surface area contributed by atoms with Gasteiger partial charge in [0.2, 0.25) is 16.2 Å². The zero-order valence-electron chi connectivity index (χ0n) is 17.6. The van der Waals surface area contributed by atoms with Crippen molar-refractivity contribution in [1.29, 1.82) is 0 Å². The summed E-state index contributed by atoms with van der Waals surface area (Å²) in [7, 11) is 0. The summed E-state index contributed by atoms with van der Waals surface area (Å²) in [6.45, 7) is 5.39. The maximum atomic E-state index is 12.1. The number of rotatable bonds is 11. The number of amides is 1. The standard InChI is InChI=1S/C21H27N5O3S2/c1-3-25(4-2)19(28)14-31-21-24-23-20(26(21)22)30-13-17(27)12-29-18-10-9-15-7-5-6-8-16(15)11-18/h5-11,17,27H,3-4,12-14,22H2,1-2H3. The average molecular weight is 462 g/mol. The van der Waals surface area contributed by atoms with Crippen LogP contribution in [0.5, 0.6) is 5.75 Å². The highest BCUT2D eigenvalue weighted by Gasteiger charge is 2.16. The lowest BCUT2D eigenvalue weighted by atomic mass is 10.1. The summed E-state index contributed by atoms with van der Waals surface area (Å²) in [5.41, 5.74) is 0. The van der Waals surface area contributed by atoms with E-state index in [1.807, 2.05) is 56.3 Å². The molecule has 31 heavy (non-hydrogen) atoms. The Bertz CT molecular complexity index is 1010. The lowest BCUT2D eigenvalue weighted by Gasteiger charge is -2.17. The Morgan fingerprint density at radius 3 is 2.52 bits per heavy atom. The van der Waals surface area contributed by atoms with E-state index >= 15 is 0 Å². The van der Waals surface area contributed by atoms with E-state index < -0.39 is 6.10 Å². The molecule has 0 bridgehead atoms. The van der Waals surface area contributed by atoms with E-state index in [4.69, 9.17) is 10.6 Å². The summed E-state index contributed by atoms with van der Waals surface area (Å²) >= 11 is 2.54. The number of hydrogen-bond donors (Lipinski definition) is 2. The fourth-order valence-electron chi connectivity index (χ4n) is 2.92. The van der Waals surface area contributed by atoms with Crippen LogP contribution in [0.25, 0.3) is 10.8 Å². The number of benzene rings is 2. The molecule has 166 valence electrons. The van der Waals surface area contributed by atoms with Gasteiger partial charge in [-0.05, 0) is 36.8 Å². The van der Waals surface area contributed by atoms with Gasteiger partial charge in [-0.2, -0.15) is 0 Å². The van der Waals surface area contributed by atoms with Crippen molar-refractivity contribution in [3.05, 3.63) is 42.5 Å². The van der Waals surface area contributed by atoms with Crippen LogP contribution in [0.4, 0.5) is 0 Å². The molecule has 1 heterocycles. The SMILES string of the molecule is CCN(CC)C(=O)CSc1nnc(SCC(O)COc2ccc3ccccc3c2)n1N. The van der Waals surface area contributed by atoms with Gasteiger partial charge >= 0.3 is 0 Å². The third-order valence-corrected chi connectivity index (χ3v) is 6.66. The zero-order valence-corrected chi connectivity index (χ0v) is 19.2. The van der Waals surface area contributed by atoms with Crippen LogP contribution in [-0.2, 0) is 4.79 Å². The van der Waals surface area contributed by atoms with Gasteiger partial charge in [0.1, 0.15) is 12.4 Å². The molecular formula is C21H27N5O3S2. The maximum Gasteiger partial charge on any atom is 0.233 e. The van der Waals surface area contributed by atoms with E-state index in [0.717, 1.165) is 10.8 Å². The summed E-state index contributed by atoms with van der Waals surface area (Å²) in [6, 6.07) is 13.9. The first kappa shape index (κ1) is 23.2. The van der Waals surface area contributed by atoms with Crippen molar-refractivity contribution in [2.24, 2.45) is 0 Å². The molecule has 1 aromatic heterocycles. The number of carbonyl (C=O) groups is 1. The van der Waals surface area contributed by atoms with E-state index in [0.29, 0.717) is 34.9 Å². The van der Waals surface area contributed by atoms with Crippen molar-refractivity contribution in [2.45, 2.75) is 30.3 Å². The fourth-order valence-corrected chi connectivity index (χ4v) is 4.50. The molecular weight excluding hydrogens is 434 g/mol. The summed E-state index contributed by atoms with van der Waals surface area (Å²) in [6.07, 6.45) is -0.700. The zero-order chi connectivity index (χ0) is 22.2. The molecule has 0 radical (unpaired) electrons. The van der Waals surface area contributed by atoms with Crippen molar-refractivity contribution in [3.8, 4) is 5.75 Å². The number of aromatic nitrogens is 3. The number of thioether (sulfide) groups is 2. The van der Waals surface area contributed by atoms with Crippen LogP contribution >= 0.6 is 23.5 Å². The Hall–Kier alpha value is -2.43. The molecule has 3 N–H and O–H groups in total. The predicted molar refractivity (Wildman–Crippen MR) is 125 cm³/mol. The first-order valence-corrected chi connectivity index (χ1v) is 12.0. The first-order valence-electron chi connectivity index (χ1n) is 10.0. The third-order valence-electron chi connectivity index (χ3n) is 4.64. The minimum absolute atomic E-state index is 0.0356. The van der Waals surface area contributed by atoms with Gasteiger partial charge in [-0.15, -0.1) is 10.2 Å². The van der Waals surface area contributed by atoms with Gasteiger partial charge in [0.15, 0.2) is 0 Å². The average Bonchev–Trinajstić information content (AvgIpc) is 3.14. The number of carbonyl (C=O) groups excluding carboxylic acids is 1. The van der Waals surface area contributed by atoms with Gasteiger partial charge in [-0.25, -0.2) is 4.68 Å². The van der Waals surface area contributed by atoms with E-state index in [-0.39, 0.29) is 18.3 Å². The molecule has 1 atom stereocenters. The summed E-state index contributed by atoms with van der Waals surface area (Å²) in [5.74, 6) is 7.40. The molecule has 2 aromatic carbocycles. The lowest BCUT2D eigenvalue weighted by molar-refractivity contribution is -0.127. The molecule has 0 aliphatic rings. The number of aliphatic hydroxyl groups excluding tert-OH is 1. The van der Waals surface area contributed by atoms with Crippen LogP contribution < -0.4 is 10.6 Å². The minimum Gasteiger partial charge on any atom is -0.491 e. The number of aliphatic hydroxyl groups is 1. The molecule has 1 amide bonds. The summed E-state index contributed by atoms with van der Waals surface area (Å²) < 4.78 is 7.07.